The molecule has 0 atom stereocenters. The molecule has 0 N–H and O–H groups in total. The third-order valence-corrected chi connectivity index (χ3v) is 4.31. The summed E-state index contributed by atoms with van der Waals surface area (Å²) in [6.45, 7) is 4.16. The summed E-state index contributed by atoms with van der Waals surface area (Å²) in [5.41, 5.74) is 1.66. The van der Waals surface area contributed by atoms with Gasteiger partial charge in [0.05, 0.1) is 12.7 Å². The van der Waals surface area contributed by atoms with Crippen LogP contribution in [0.2, 0.25) is 5.02 Å². The van der Waals surface area contributed by atoms with E-state index in [1.165, 1.54) is 0 Å². The molecule has 1 aliphatic heterocycles. The van der Waals surface area contributed by atoms with E-state index >= 15 is 0 Å². The molecule has 1 aromatic carbocycles. The number of ether oxygens (including phenoxy) is 1. The van der Waals surface area contributed by atoms with Crippen LogP contribution in [0, 0.1) is 6.92 Å². The predicted octanol–water partition coefficient (Wildman–Crippen LogP) is 3.66. The minimum absolute atomic E-state index is 0.0610. The Morgan fingerprint density at radius 1 is 1.45 bits per heavy atom. The maximum absolute atomic E-state index is 12.4. The first-order valence-corrected chi connectivity index (χ1v) is 8.34. The van der Waals surface area contributed by atoms with Crippen LogP contribution in [0.5, 0.6) is 0 Å². The van der Waals surface area contributed by atoms with E-state index in [1.54, 1.807) is 6.07 Å². The number of carbonyl (C=O) groups excluding carboxylic acids is 1. The van der Waals surface area contributed by atoms with Gasteiger partial charge in [-0.05, 0) is 37.5 Å². The van der Waals surface area contributed by atoms with Crippen molar-refractivity contribution in [2.24, 2.45) is 0 Å². The molecule has 0 spiro atoms. The van der Waals surface area contributed by atoms with E-state index in [9.17, 15) is 4.79 Å². The largest absolute Gasteiger partial charge is 0.377 e. The van der Waals surface area contributed by atoms with E-state index in [-0.39, 0.29) is 12.0 Å². The second-order valence-corrected chi connectivity index (χ2v) is 6.22. The Morgan fingerprint density at radius 3 is 2.75 bits per heavy atom. The molecule has 0 radical (unpaired) electrons. The van der Waals surface area contributed by atoms with Crippen LogP contribution in [0.25, 0.3) is 0 Å². The number of hydrogen-bond acceptors (Lipinski definition) is 2. The molecule has 3 nitrogen and oxygen atoms in total. The molecule has 1 amide bonds. The van der Waals surface area contributed by atoms with Crippen molar-refractivity contribution in [1.82, 2.24) is 4.90 Å². The van der Waals surface area contributed by atoms with Crippen LogP contribution in [-0.2, 0) is 4.74 Å². The molecule has 2 rings (SSSR count). The number of carbonyl (C=O) groups is 1. The normalized spacial score (nSPS) is 16.4. The average Bonchev–Trinajstić information content (AvgIpc) is 2.48. The molecule has 1 saturated heterocycles. The highest BCUT2D eigenvalue weighted by Crippen LogP contribution is 2.20. The second-order valence-electron chi connectivity index (χ2n) is 5.02. The van der Waals surface area contributed by atoms with Gasteiger partial charge in [-0.25, -0.2) is 0 Å². The van der Waals surface area contributed by atoms with E-state index in [2.05, 4.69) is 15.9 Å². The van der Waals surface area contributed by atoms with E-state index in [4.69, 9.17) is 16.3 Å². The quantitative estimate of drug-likeness (QED) is 0.767. The highest BCUT2D eigenvalue weighted by molar-refractivity contribution is 9.09. The lowest BCUT2D eigenvalue weighted by molar-refractivity contribution is 0.0160. The van der Waals surface area contributed by atoms with Crippen LogP contribution in [0.4, 0.5) is 0 Å². The van der Waals surface area contributed by atoms with Gasteiger partial charge in [0.15, 0.2) is 0 Å². The molecule has 0 bridgehead atoms. The fourth-order valence-electron chi connectivity index (χ4n) is 2.35. The van der Waals surface area contributed by atoms with Crippen molar-refractivity contribution in [3.05, 3.63) is 34.3 Å². The number of rotatable bonds is 4. The molecule has 5 heteroatoms. The smallest absolute Gasteiger partial charge is 0.253 e. The maximum Gasteiger partial charge on any atom is 0.253 e. The third-order valence-electron chi connectivity index (χ3n) is 3.58. The lowest BCUT2D eigenvalue weighted by atomic mass is 10.1. The van der Waals surface area contributed by atoms with Gasteiger partial charge in [0.2, 0.25) is 0 Å². The summed E-state index contributed by atoms with van der Waals surface area (Å²) in [6, 6.07) is 5.49. The average molecular weight is 361 g/mol. The number of piperidine rings is 1. The summed E-state index contributed by atoms with van der Waals surface area (Å²) in [6.07, 6.45) is 2.08. The Kier molecular flexibility index (Phi) is 5.87. The molecule has 0 unspecified atom stereocenters. The van der Waals surface area contributed by atoms with Gasteiger partial charge in [-0.15, -0.1) is 0 Å². The number of benzene rings is 1. The van der Waals surface area contributed by atoms with Crippen molar-refractivity contribution in [1.29, 1.82) is 0 Å². The van der Waals surface area contributed by atoms with Crippen molar-refractivity contribution in [3.8, 4) is 0 Å². The summed E-state index contributed by atoms with van der Waals surface area (Å²) in [4.78, 5) is 14.3. The molecule has 1 fully saturated rings. The number of halogens is 2. The summed E-state index contributed by atoms with van der Waals surface area (Å²) in [7, 11) is 0. The maximum atomic E-state index is 12.4. The Hall–Kier alpha value is -0.580. The van der Waals surface area contributed by atoms with E-state index in [1.807, 2.05) is 24.0 Å². The van der Waals surface area contributed by atoms with E-state index in [0.717, 1.165) is 43.4 Å². The molecule has 0 aliphatic carbocycles. The summed E-state index contributed by atoms with van der Waals surface area (Å²) in [5.74, 6) is 0.0610. The summed E-state index contributed by atoms with van der Waals surface area (Å²) < 4.78 is 5.69. The van der Waals surface area contributed by atoms with Gasteiger partial charge >= 0.3 is 0 Å². The number of aryl methyl sites for hydroxylation is 1. The standard InChI is InChI=1S/C15H19BrClNO2/c1-11-2-3-12(10-14(11)17)15(19)18-7-4-13(5-8-18)20-9-6-16/h2-3,10,13H,4-9H2,1H3. The van der Waals surface area contributed by atoms with Gasteiger partial charge in [-0.3, -0.25) is 4.79 Å². The van der Waals surface area contributed by atoms with Crippen LogP contribution in [0.15, 0.2) is 18.2 Å². The lowest BCUT2D eigenvalue weighted by Gasteiger charge is -2.32. The van der Waals surface area contributed by atoms with Gasteiger partial charge in [-0.2, -0.15) is 0 Å². The Bertz CT molecular complexity index is 473. The topological polar surface area (TPSA) is 29.5 Å². The fourth-order valence-corrected chi connectivity index (χ4v) is 2.71. The van der Waals surface area contributed by atoms with Gasteiger partial charge in [0, 0.05) is 29.0 Å². The first-order valence-electron chi connectivity index (χ1n) is 6.85. The Balaban J connectivity index is 1.92. The first kappa shape index (κ1) is 15.8. The summed E-state index contributed by atoms with van der Waals surface area (Å²) in [5, 5.41) is 1.50. The van der Waals surface area contributed by atoms with Gasteiger partial charge in [0.25, 0.3) is 5.91 Å². The molecular weight excluding hydrogens is 342 g/mol. The number of hydrogen-bond donors (Lipinski definition) is 0. The van der Waals surface area contributed by atoms with Crippen LogP contribution >= 0.6 is 27.5 Å². The zero-order valence-corrected chi connectivity index (χ0v) is 13.9. The zero-order valence-electron chi connectivity index (χ0n) is 11.6. The minimum Gasteiger partial charge on any atom is -0.377 e. The first-order chi connectivity index (χ1) is 9.61. The molecule has 1 aromatic rings. The van der Waals surface area contributed by atoms with Crippen molar-refractivity contribution in [2.75, 3.05) is 25.0 Å². The zero-order chi connectivity index (χ0) is 14.5. The van der Waals surface area contributed by atoms with E-state index < -0.39 is 0 Å². The van der Waals surface area contributed by atoms with Crippen molar-refractivity contribution in [2.45, 2.75) is 25.9 Å². The highest BCUT2D eigenvalue weighted by atomic mass is 79.9. The lowest BCUT2D eigenvalue weighted by Crippen LogP contribution is -2.41. The van der Waals surface area contributed by atoms with Gasteiger partial charge in [0.1, 0.15) is 0 Å². The predicted molar refractivity (Wildman–Crippen MR) is 84.9 cm³/mol. The van der Waals surface area contributed by atoms with Crippen molar-refractivity contribution >= 4 is 33.4 Å². The molecular formula is C15H19BrClNO2. The number of likely N-dealkylation sites (tertiary alicyclic amines) is 1. The van der Waals surface area contributed by atoms with Crippen LogP contribution in [0.3, 0.4) is 0 Å². The van der Waals surface area contributed by atoms with Crippen molar-refractivity contribution < 1.29 is 9.53 Å². The SMILES string of the molecule is Cc1ccc(C(=O)N2CCC(OCCBr)CC2)cc1Cl. The van der Waals surface area contributed by atoms with Crippen LogP contribution in [-0.4, -0.2) is 41.9 Å². The van der Waals surface area contributed by atoms with Crippen LogP contribution in [0.1, 0.15) is 28.8 Å². The number of amides is 1. The fraction of sp³-hybridized carbons (Fsp3) is 0.533. The summed E-state index contributed by atoms with van der Waals surface area (Å²) >= 11 is 9.43. The minimum atomic E-state index is 0.0610. The molecule has 20 heavy (non-hydrogen) atoms. The molecule has 110 valence electrons. The second kappa shape index (κ2) is 7.43. The molecule has 1 aliphatic rings. The Labute approximate surface area is 133 Å². The monoisotopic (exact) mass is 359 g/mol. The third kappa shape index (κ3) is 3.96. The Morgan fingerprint density at radius 2 is 2.15 bits per heavy atom. The van der Waals surface area contributed by atoms with Crippen molar-refractivity contribution in [3.63, 3.8) is 0 Å². The molecule has 1 heterocycles. The van der Waals surface area contributed by atoms with E-state index in [0.29, 0.717) is 10.6 Å². The number of nitrogens with zero attached hydrogens (tertiary/aromatic N) is 1. The number of alkyl halides is 1. The molecule has 0 saturated carbocycles. The van der Waals surface area contributed by atoms with Gasteiger partial charge < -0.3 is 9.64 Å². The van der Waals surface area contributed by atoms with Gasteiger partial charge in [-0.1, -0.05) is 33.6 Å². The highest BCUT2D eigenvalue weighted by Gasteiger charge is 2.24. The van der Waals surface area contributed by atoms with Crippen LogP contribution < -0.4 is 0 Å². The molecule has 0 aromatic heterocycles.